The molecule has 5 nitrogen and oxygen atoms in total. The van der Waals surface area contributed by atoms with Gasteiger partial charge in [0.15, 0.2) is 0 Å². The van der Waals surface area contributed by atoms with Crippen molar-refractivity contribution in [3.63, 3.8) is 0 Å². The van der Waals surface area contributed by atoms with E-state index in [1.165, 1.54) is 87.9 Å². The molecule has 9 rings (SSSR count). The SMILES string of the molecule is CC(C)(C)c1ccc(-c2[c-]cc(F)cc2)nc1.Cc1n[c-]n2c3nccc4cc(CC5CCCC5)c5c6ccccc6n(c5c43)c12.[Ir]. The summed E-state index contributed by atoms with van der Waals surface area (Å²) in [6.07, 6.45) is 13.6. The van der Waals surface area contributed by atoms with Gasteiger partial charge in [-0.25, -0.2) is 0 Å². The molecule has 1 aliphatic carbocycles. The van der Waals surface area contributed by atoms with Crippen molar-refractivity contribution in [2.45, 2.75) is 65.2 Å². The zero-order chi connectivity index (χ0) is 31.6. The summed E-state index contributed by atoms with van der Waals surface area (Å²) in [5, 5.41) is 5.22. The van der Waals surface area contributed by atoms with Gasteiger partial charge in [0, 0.05) is 77.5 Å². The molecule has 1 radical (unpaired) electrons. The Morgan fingerprint density at radius 1 is 0.957 bits per heavy atom. The van der Waals surface area contributed by atoms with E-state index in [0.29, 0.717) is 0 Å². The van der Waals surface area contributed by atoms with E-state index in [1.54, 1.807) is 6.07 Å². The van der Waals surface area contributed by atoms with Gasteiger partial charge >= 0.3 is 0 Å². The van der Waals surface area contributed by atoms with E-state index >= 15 is 0 Å². The van der Waals surface area contributed by atoms with Crippen molar-refractivity contribution < 1.29 is 24.5 Å². The van der Waals surface area contributed by atoms with Crippen LogP contribution in [0.3, 0.4) is 0 Å². The molecule has 239 valence electrons. The Morgan fingerprint density at radius 2 is 1.77 bits per heavy atom. The largest absolute Gasteiger partial charge is 0.397 e. The molecule has 47 heavy (non-hydrogen) atoms. The van der Waals surface area contributed by atoms with Crippen LogP contribution in [0.2, 0.25) is 0 Å². The van der Waals surface area contributed by atoms with Crippen LogP contribution in [0.25, 0.3) is 55.1 Å². The van der Waals surface area contributed by atoms with Crippen LogP contribution in [-0.2, 0) is 31.9 Å². The third-order valence-corrected chi connectivity index (χ3v) is 9.67. The monoisotopic (exact) mass is 798 g/mol. The molecule has 1 aliphatic rings. The first-order valence-corrected chi connectivity index (χ1v) is 16.2. The van der Waals surface area contributed by atoms with Crippen LogP contribution in [0.5, 0.6) is 0 Å². The average molecular weight is 798 g/mol. The minimum absolute atomic E-state index is 0. The Labute approximate surface area is 287 Å². The number of fused-ring (bicyclic) bond motifs is 6. The van der Waals surface area contributed by atoms with E-state index in [-0.39, 0.29) is 31.3 Å². The summed E-state index contributed by atoms with van der Waals surface area (Å²) < 4.78 is 17.2. The third-order valence-electron chi connectivity index (χ3n) is 9.67. The summed E-state index contributed by atoms with van der Waals surface area (Å²) in [6.45, 7) is 8.51. The molecule has 0 saturated heterocycles. The van der Waals surface area contributed by atoms with Crippen molar-refractivity contribution in [2.24, 2.45) is 5.92 Å². The number of aromatic nitrogens is 5. The molecule has 0 aliphatic heterocycles. The molecule has 3 aromatic carbocycles. The Balaban J connectivity index is 0.000000169. The average Bonchev–Trinajstić information content (AvgIpc) is 3.79. The Kier molecular flexibility index (Phi) is 8.10. The minimum atomic E-state index is -0.278. The van der Waals surface area contributed by atoms with Crippen LogP contribution in [0.1, 0.15) is 63.3 Å². The van der Waals surface area contributed by atoms with Crippen molar-refractivity contribution in [1.29, 1.82) is 0 Å². The van der Waals surface area contributed by atoms with Gasteiger partial charge < -0.3 is 18.8 Å². The molecule has 0 N–H and O–H groups in total. The second-order valence-corrected chi connectivity index (χ2v) is 13.8. The first kappa shape index (κ1) is 31.4. The molecule has 8 aromatic rings. The zero-order valence-electron chi connectivity index (χ0n) is 27.1. The van der Waals surface area contributed by atoms with Gasteiger partial charge in [0.05, 0.1) is 5.65 Å². The number of hydrogen-bond donors (Lipinski definition) is 0. The Morgan fingerprint density at radius 3 is 2.49 bits per heavy atom. The van der Waals surface area contributed by atoms with Crippen LogP contribution in [0, 0.1) is 31.1 Å². The summed E-state index contributed by atoms with van der Waals surface area (Å²) in [6, 6.07) is 24.7. The fourth-order valence-corrected chi connectivity index (χ4v) is 7.32. The normalized spacial score (nSPS) is 14.0. The zero-order valence-corrected chi connectivity index (χ0v) is 29.5. The Hall–Kier alpha value is -4.19. The van der Waals surface area contributed by atoms with E-state index in [9.17, 15) is 4.39 Å². The molecule has 0 spiro atoms. The number of para-hydroxylation sites is 1. The summed E-state index contributed by atoms with van der Waals surface area (Å²) in [5.74, 6) is 0.530. The van der Waals surface area contributed by atoms with Gasteiger partial charge in [0.2, 0.25) is 0 Å². The second-order valence-electron chi connectivity index (χ2n) is 13.8. The number of aryl methyl sites for hydroxylation is 1. The number of halogens is 1. The number of pyridine rings is 2. The van der Waals surface area contributed by atoms with Crippen molar-refractivity contribution >= 4 is 43.9 Å². The molecule has 5 aromatic heterocycles. The second kappa shape index (κ2) is 12.1. The van der Waals surface area contributed by atoms with Crippen molar-refractivity contribution in [1.82, 2.24) is 23.8 Å². The topological polar surface area (TPSA) is 47.5 Å². The summed E-state index contributed by atoms with van der Waals surface area (Å²) in [7, 11) is 0. The molecule has 1 saturated carbocycles. The third kappa shape index (κ3) is 5.40. The maximum absolute atomic E-state index is 12.8. The standard InChI is InChI=1S/C25H21N4.C15H15FN.Ir/c1-15-25-28(14-27-15)24-22-17(10-11-26-24)13-18(12-16-6-2-3-7-16)21-19-8-4-5-9-20(19)29(25)23(21)22;1-15(2,3)12-6-9-14(17-10-12)11-4-7-13(16)8-5-11;/h4-5,8-11,13,16H,2-3,6-7,12H2,1H3;4,6-10H,1-3H3;/q2*-1;. The molecule has 0 atom stereocenters. The predicted molar refractivity (Wildman–Crippen MR) is 184 cm³/mol. The molecule has 0 unspecified atom stereocenters. The van der Waals surface area contributed by atoms with Gasteiger partial charge in [-0.05, 0) is 57.8 Å². The quantitative estimate of drug-likeness (QED) is 0.168. The summed E-state index contributed by atoms with van der Waals surface area (Å²) in [4.78, 5) is 13.7. The first-order valence-electron chi connectivity index (χ1n) is 16.2. The van der Waals surface area contributed by atoms with Crippen LogP contribution in [-0.4, -0.2) is 23.8 Å². The van der Waals surface area contributed by atoms with Gasteiger partial charge in [0.1, 0.15) is 0 Å². The molecular formula is C40H36FIrN5-2. The van der Waals surface area contributed by atoms with Crippen molar-refractivity contribution in [2.75, 3.05) is 0 Å². The molecule has 0 amide bonds. The number of rotatable bonds is 3. The van der Waals surface area contributed by atoms with Crippen LogP contribution < -0.4 is 0 Å². The maximum Gasteiger partial charge on any atom is 0.0662 e. The van der Waals surface area contributed by atoms with E-state index < -0.39 is 0 Å². The van der Waals surface area contributed by atoms with Crippen LogP contribution in [0.15, 0.2) is 79.1 Å². The van der Waals surface area contributed by atoms with Crippen LogP contribution >= 0.6 is 0 Å². The Bertz CT molecular complexity index is 2340. The summed E-state index contributed by atoms with van der Waals surface area (Å²) >= 11 is 0. The summed E-state index contributed by atoms with van der Waals surface area (Å²) in [5.41, 5.74) is 9.94. The van der Waals surface area contributed by atoms with E-state index in [0.717, 1.165) is 34.2 Å². The molecule has 1 fully saturated rings. The van der Waals surface area contributed by atoms with Crippen molar-refractivity contribution in [3.8, 4) is 11.3 Å². The molecule has 0 bridgehead atoms. The van der Waals surface area contributed by atoms with Gasteiger partial charge in [-0.3, -0.25) is 9.37 Å². The van der Waals surface area contributed by atoms with Crippen LogP contribution in [0.4, 0.5) is 4.39 Å². The number of imidazole rings is 1. The first-order chi connectivity index (χ1) is 22.3. The van der Waals surface area contributed by atoms with E-state index in [1.807, 2.05) is 22.9 Å². The van der Waals surface area contributed by atoms with Gasteiger partial charge in [-0.15, -0.1) is 29.8 Å². The van der Waals surface area contributed by atoms with Crippen molar-refractivity contribution in [3.05, 3.63) is 114 Å². The maximum atomic E-state index is 12.8. The fourth-order valence-electron chi connectivity index (χ4n) is 7.32. The predicted octanol–water partition coefficient (Wildman–Crippen LogP) is 9.70. The number of benzene rings is 3. The molecule has 5 heterocycles. The fraction of sp³-hybridized carbons (Fsp3) is 0.275. The van der Waals surface area contributed by atoms with Gasteiger partial charge in [0.25, 0.3) is 0 Å². The van der Waals surface area contributed by atoms with E-state index in [2.05, 4.69) is 96.9 Å². The number of nitrogens with zero attached hydrogens (tertiary/aromatic N) is 5. The van der Waals surface area contributed by atoms with Gasteiger partial charge in [-0.1, -0.05) is 89.8 Å². The minimum Gasteiger partial charge on any atom is -0.397 e. The smallest absolute Gasteiger partial charge is 0.0662 e. The number of hydrogen-bond acceptors (Lipinski definition) is 3. The van der Waals surface area contributed by atoms with Gasteiger partial charge in [-0.2, -0.15) is 0 Å². The molecular weight excluding hydrogens is 762 g/mol. The molecule has 7 heteroatoms. The van der Waals surface area contributed by atoms with E-state index in [4.69, 9.17) is 4.98 Å².